The fourth-order valence-corrected chi connectivity index (χ4v) is 6.05. The molecule has 6 rings (SSSR count). The average molecular weight is 674 g/mol. The number of thiazole rings is 1. The van der Waals surface area contributed by atoms with Crippen LogP contribution >= 0.6 is 22.9 Å². The highest BCUT2D eigenvalue weighted by molar-refractivity contribution is 7.73. The van der Waals surface area contributed by atoms with E-state index in [2.05, 4.69) is 20.3 Å². The maximum absolute atomic E-state index is 13.5. The molecule has 0 amide bonds. The monoisotopic (exact) mass is 673 g/mol. The Balaban J connectivity index is 1.11. The van der Waals surface area contributed by atoms with E-state index in [1.54, 1.807) is 48.7 Å². The second-order valence-corrected chi connectivity index (χ2v) is 12.3. The number of nitrogens with zero attached hydrogens (tertiary/aromatic N) is 4. The zero-order valence-electron chi connectivity index (χ0n) is 24.1. The zero-order chi connectivity index (χ0) is 31.9. The second-order valence-electron chi connectivity index (χ2n) is 9.94. The SMILES string of the molecule is O=S(=O)=C(COCCc1nc(-c2ccc3ncnc(Nc4ccc(OCc5cccc(F)c5)c(Cl)c4)c3c2)cs1)c1ccccn1. The van der Waals surface area contributed by atoms with Gasteiger partial charge in [-0.3, -0.25) is 4.98 Å². The van der Waals surface area contributed by atoms with Crippen molar-refractivity contribution in [3.8, 4) is 17.0 Å². The maximum atomic E-state index is 13.5. The minimum absolute atomic E-state index is 0.0678. The largest absolute Gasteiger partial charge is 0.487 e. The van der Waals surface area contributed by atoms with Gasteiger partial charge in [0.2, 0.25) is 10.3 Å². The van der Waals surface area contributed by atoms with E-state index in [0.717, 1.165) is 27.2 Å². The maximum Gasteiger partial charge on any atom is 0.221 e. The van der Waals surface area contributed by atoms with E-state index in [1.807, 2.05) is 29.6 Å². The highest BCUT2D eigenvalue weighted by Crippen LogP contribution is 2.32. The van der Waals surface area contributed by atoms with E-state index < -0.39 is 10.3 Å². The second kappa shape index (κ2) is 14.6. The molecule has 6 aromatic rings. The number of nitrogens with one attached hydrogen (secondary N) is 1. The van der Waals surface area contributed by atoms with E-state index in [9.17, 15) is 12.8 Å². The molecule has 0 unspecified atom stereocenters. The molecule has 3 heterocycles. The Kier molecular flexibility index (Phi) is 9.89. The molecule has 9 nitrogen and oxygen atoms in total. The Bertz CT molecular complexity index is 2140. The van der Waals surface area contributed by atoms with Gasteiger partial charge < -0.3 is 14.8 Å². The van der Waals surface area contributed by atoms with E-state index >= 15 is 0 Å². The predicted octanol–water partition coefficient (Wildman–Crippen LogP) is 6.92. The zero-order valence-corrected chi connectivity index (χ0v) is 26.4. The van der Waals surface area contributed by atoms with Crippen LogP contribution in [0, 0.1) is 5.82 Å². The standard InChI is InChI=1S/C33H25ClFN5O4S2/c34-26-16-24(8-10-30(26)44-17-21-4-3-5-23(35)14-21)39-33-25-15-22(7-9-27(25)37-20-38-33)29-19-45-32(40-29)11-13-43-18-31(46(41)42)28-6-1-2-12-36-28/h1-10,12,14-16,19-20H,11,13,17-18H2,(H,37,38,39). The van der Waals surface area contributed by atoms with Crippen LogP contribution in [0.1, 0.15) is 16.3 Å². The van der Waals surface area contributed by atoms with Gasteiger partial charge in [0.25, 0.3) is 0 Å². The quantitative estimate of drug-likeness (QED) is 0.0839. The first-order valence-corrected chi connectivity index (χ1v) is 16.3. The summed E-state index contributed by atoms with van der Waals surface area (Å²) in [6.45, 7) is 0.420. The lowest BCUT2D eigenvalue weighted by molar-refractivity contribution is 0.176. The lowest BCUT2D eigenvalue weighted by atomic mass is 10.1. The van der Waals surface area contributed by atoms with Crippen molar-refractivity contribution in [3.05, 3.63) is 124 Å². The highest BCUT2D eigenvalue weighted by atomic mass is 35.5. The summed E-state index contributed by atoms with van der Waals surface area (Å²) in [6.07, 6.45) is 3.56. The van der Waals surface area contributed by atoms with E-state index in [0.29, 0.717) is 46.6 Å². The Hall–Kier alpha value is -4.75. The number of ether oxygens (including phenoxy) is 2. The average Bonchev–Trinajstić information content (AvgIpc) is 3.54. The fraction of sp³-hybridized carbons (Fsp3) is 0.121. The number of fused-ring (bicyclic) bond motifs is 1. The van der Waals surface area contributed by atoms with Gasteiger partial charge in [0.05, 0.1) is 40.1 Å². The van der Waals surface area contributed by atoms with Crippen LogP contribution in [-0.4, -0.2) is 46.4 Å². The third kappa shape index (κ3) is 7.72. The molecule has 232 valence electrons. The van der Waals surface area contributed by atoms with Crippen molar-refractivity contribution in [2.45, 2.75) is 13.0 Å². The van der Waals surface area contributed by atoms with Crippen LogP contribution in [0.2, 0.25) is 5.02 Å². The minimum Gasteiger partial charge on any atom is -0.487 e. The Labute approximate surface area is 274 Å². The molecule has 0 bridgehead atoms. The van der Waals surface area contributed by atoms with Gasteiger partial charge >= 0.3 is 0 Å². The van der Waals surface area contributed by atoms with E-state index in [4.69, 9.17) is 26.1 Å². The van der Waals surface area contributed by atoms with Gasteiger partial charge in [-0.25, -0.2) is 19.3 Å². The number of hydrogen-bond acceptors (Lipinski definition) is 10. The highest BCUT2D eigenvalue weighted by Gasteiger charge is 2.12. The lowest BCUT2D eigenvalue weighted by Gasteiger charge is -2.12. The molecule has 0 spiro atoms. The number of benzene rings is 3. The van der Waals surface area contributed by atoms with Gasteiger partial charge in [-0.1, -0.05) is 35.9 Å². The Morgan fingerprint density at radius 3 is 2.70 bits per heavy atom. The molecule has 13 heteroatoms. The third-order valence-electron chi connectivity index (χ3n) is 6.81. The van der Waals surface area contributed by atoms with Crippen LogP contribution in [-0.2, 0) is 28.1 Å². The predicted molar refractivity (Wildman–Crippen MR) is 178 cm³/mol. The molecule has 46 heavy (non-hydrogen) atoms. The Morgan fingerprint density at radius 2 is 1.89 bits per heavy atom. The van der Waals surface area contributed by atoms with Crippen LogP contribution in [0.3, 0.4) is 0 Å². The van der Waals surface area contributed by atoms with E-state index in [-0.39, 0.29) is 23.9 Å². The molecular formula is C33H25ClFN5O4S2. The summed E-state index contributed by atoms with van der Waals surface area (Å²) in [4.78, 5) is 17.8. The van der Waals surface area contributed by atoms with E-state index in [1.165, 1.54) is 29.8 Å². The minimum atomic E-state index is -2.43. The third-order valence-corrected chi connectivity index (χ3v) is 8.74. The molecule has 0 aliphatic rings. The topological polar surface area (TPSA) is 116 Å². The molecule has 0 atom stereocenters. The molecule has 3 aromatic heterocycles. The van der Waals surface area contributed by atoms with Crippen molar-refractivity contribution < 1.29 is 22.3 Å². The summed E-state index contributed by atoms with van der Waals surface area (Å²) in [7, 11) is -2.43. The van der Waals surface area contributed by atoms with Gasteiger partial charge in [-0.2, -0.15) is 8.42 Å². The van der Waals surface area contributed by atoms with Crippen molar-refractivity contribution in [2.24, 2.45) is 0 Å². The fourth-order valence-electron chi connectivity index (χ4n) is 4.55. The number of rotatable bonds is 12. The van der Waals surface area contributed by atoms with Crippen molar-refractivity contribution in [2.75, 3.05) is 18.5 Å². The molecule has 0 aliphatic heterocycles. The summed E-state index contributed by atoms with van der Waals surface area (Å²) >= 11 is 8.00. The molecule has 3 aromatic carbocycles. The molecule has 0 radical (unpaired) electrons. The molecule has 0 saturated heterocycles. The molecule has 1 N–H and O–H groups in total. The normalized spacial score (nSPS) is 11.0. The molecule has 0 saturated carbocycles. The lowest BCUT2D eigenvalue weighted by Crippen LogP contribution is -2.14. The number of halogens is 2. The van der Waals surface area contributed by atoms with Gasteiger partial charge in [-0.05, 0) is 60.2 Å². The molecule has 0 fully saturated rings. The summed E-state index contributed by atoms with van der Waals surface area (Å²) in [5, 5.41) is 7.33. The van der Waals surface area contributed by atoms with Crippen LogP contribution in [0.25, 0.3) is 22.2 Å². The summed E-state index contributed by atoms with van der Waals surface area (Å²) in [5.41, 5.74) is 4.20. The molecular weight excluding hydrogens is 649 g/mol. The van der Waals surface area contributed by atoms with Crippen LogP contribution < -0.4 is 10.1 Å². The summed E-state index contributed by atoms with van der Waals surface area (Å²) in [5.74, 6) is 0.745. The van der Waals surface area contributed by atoms with Crippen LogP contribution in [0.4, 0.5) is 15.9 Å². The van der Waals surface area contributed by atoms with Crippen molar-refractivity contribution >= 4 is 60.5 Å². The van der Waals surface area contributed by atoms with Gasteiger partial charge in [0.15, 0.2) is 0 Å². The van der Waals surface area contributed by atoms with Gasteiger partial charge in [-0.15, -0.1) is 11.3 Å². The number of hydrogen-bond donors (Lipinski definition) is 1. The summed E-state index contributed by atoms with van der Waals surface area (Å²) < 4.78 is 48.2. The summed E-state index contributed by atoms with van der Waals surface area (Å²) in [6, 6.07) is 22.4. The van der Waals surface area contributed by atoms with Crippen LogP contribution in [0.5, 0.6) is 5.75 Å². The number of aromatic nitrogens is 4. The molecule has 0 aliphatic carbocycles. The van der Waals surface area contributed by atoms with Crippen molar-refractivity contribution in [3.63, 3.8) is 0 Å². The van der Waals surface area contributed by atoms with Gasteiger partial charge in [0, 0.05) is 34.6 Å². The van der Waals surface area contributed by atoms with Crippen LogP contribution in [0.15, 0.2) is 96.8 Å². The first kappa shape index (κ1) is 31.2. The van der Waals surface area contributed by atoms with Crippen molar-refractivity contribution in [1.82, 2.24) is 19.9 Å². The van der Waals surface area contributed by atoms with Gasteiger partial charge in [0.1, 0.15) is 35.2 Å². The smallest absolute Gasteiger partial charge is 0.221 e. The first-order chi connectivity index (χ1) is 22.4. The van der Waals surface area contributed by atoms with Crippen molar-refractivity contribution in [1.29, 1.82) is 0 Å². The number of pyridine rings is 1. The number of anilines is 2. The first-order valence-electron chi connectivity index (χ1n) is 14.0. The Morgan fingerprint density at radius 1 is 0.978 bits per heavy atom.